The molecule has 0 spiro atoms. The molecule has 0 saturated carbocycles. The summed E-state index contributed by atoms with van der Waals surface area (Å²) in [6.07, 6.45) is 5.00. The summed E-state index contributed by atoms with van der Waals surface area (Å²) in [6.45, 7) is 5.25. The second kappa shape index (κ2) is 7.48. The van der Waals surface area contributed by atoms with E-state index < -0.39 is 6.17 Å². The van der Waals surface area contributed by atoms with Crippen molar-refractivity contribution in [3.63, 3.8) is 0 Å². The van der Waals surface area contributed by atoms with Crippen LogP contribution in [-0.2, 0) is 0 Å². The molecular weight excluding hydrogens is 347 g/mol. The lowest BCUT2D eigenvalue weighted by Gasteiger charge is -2.27. The van der Waals surface area contributed by atoms with Crippen molar-refractivity contribution >= 4 is 11.5 Å². The molecule has 0 radical (unpaired) electrons. The Morgan fingerprint density at radius 1 is 1.33 bits per heavy atom. The molecule has 1 aliphatic rings. The Hall–Kier alpha value is -2.74. The van der Waals surface area contributed by atoms with Crippen LogP contribution in [0.15, 0.2) is 36.8 Å². The first-order chi connectivity index (χ1) is 13.1. The number of ether oxygens (including phenoxy) is 1. The van der Waals surface area contributed by atoms with Crippen LogP contribution in [0.1, 0.15) is 20.3 Å². The average molecular weight is 370 g/mol. The molecule has 3 aromatic heterocycles. The average Bonchev–Trinajstić information content (AvgIpc) is 3.07. The fourth-order valence-corrected chi connectivity index (χ4v) is 3.19. The van der Waals surface area contributed by atoms with Crippen molar-refractivity contribution in [3.05, 3.63) is 36.8 Å². The van der Waals surface area contributed by atoms with Gasteiger partial charge in [-0.1, -0.05) is 0 Å². The molecule has 1 aliphatic heterocycles. The van der Waals surface area contributed by atoms with Crippen LogP contribution in [-0.4, -0.2) is 50.8 Å². The van der Waals surface area contributed by atoms with E-state index in [1.54, 1.807) is 18.5 Å². The summed E-state index contributed by atoms with van der Waals surface area (Å²) in [5.74, 6) is 1.90. The van der Waals surface area contributed by atoms with Crippen LogP contribution < -0.4 is 15.4 Å². The fourth-order valence-electron chi connectivity index (χ4n) is 3.19. The molecule has 3 aromatic rings. The standard InChI is InChI=1S/C19H23FN6O/c1-12(2)27-13-5-8-26-16(11-23-18(26)9-13)19-22-7-4-17(25-19)24-15-10-21-6-3-14(15)20/h4-5,7-9,11-12,14-15,21H,3,6,10H2,1-2H3,(H,22,24,25)/t14-,15-/m0/s1. The summed E-state index contributed by atoms with van der Waals surface area (Å²) < 4.78 is 21.7. The van der Waals surface area contributed by atoms with Crippen LogP contribution >= 0.6 is 0 Å². The van der Waals surface area contributed by atoms with Gasteiger partial charge in [0, 0.05) is 25.0 Å². The lowest BCUT2D eigenvalue weighted by Crippen LogP contribution is -2.46. The van der Waals surface area contributed by atoms with Crippen molar-refractivity contribution in [1.29, 1.82) is 0 Å². The summed E-state index contributed by atoms with van der Waals surface area (Å²) in [5.41, 5.74) is 1.52. The molecule has 7 nitrogen and oxygen atoms in total. The lowest BCUT2D eigenvalue weighted by atomic mass is 10.1. The molecule has 2 atom stereocenters. The Labute approximate surface area is 157 Å². The first-order valence-corrected chi connectivity index (χ1v) is 9.18. The highest BCUT2D eigenvalue weighted by atomic mass is 19.1. The van der Waals surface area contributed by atoms with Gasteiger partial charge in [0.1, 0.15) is 29.1 Å². The van der Waals surface area contributed by atoms with Crippen LogP contribution in [0.4, 0.5) is 10.2 Å². The van der Waals surface area contributed by atoms with Crippen molar-refractivity contribution in [2.24, 2.45) is 0 Å². The van der Waals surface area contributed by atoms with E-state index in [2.05, 4.69) is 25.6 Å². The molecule has 4 heterocycles. The molecule has 1 fully saturated rings. The third-order valence-electron chi connectivity index (χ3n) is 4.47. The number of fused-ring (bicyclic) bond motifs is 1. The third-order valence-corrected chi connectivity index (χ3v) is 4.47. The van der Waals surface area contributed by atoms with Gasteiger partial charge < -0.3 is 15.4 Å². The number of nitrogens with one attached hydrogen (secondary N) is 2. The van der Waals surface area contributed by atoms with Crippen LogP contribution in [0, 0.1) is 0 Å². The Morgan fingerprint density at radius 3 is 3.04 bits per heavy atom. The maximum atomic E-state index is 14.1. The fraction of sp³-hybridized carbons (Fsp3) is 0.421. The Bertz CT molecular complexity index is 927. The number of hydrogen-bond donors (Lipinski definition) is 2. The first kappa shape index (κ1) is 17.7. The monoisotopic (exact) mass is 370 g/mol. The van der Waals surface area contributed by atoms with Gasteiger partial charge in [0.05, 0.1) is 18.3 Å². The van der Waals surface area contributed by atoms with Gasteiger partial charge in [-0.25, -0.2) is 19.3 Å². The van der Waals surface area contributed by atoms with Crippen molar-refractivity contribution in [1.82, 2.24) is 24.7 Å². The summed E-state index contributed by atoms with van der Waals surface area (Å²) >= 11 is 0. The van der Waals surface area contributed by atoms with Crippen molar-refractivity contribution in [2.75, 3.05) is 18.4 Å². The second-order valence-corrected chi connectivity index (χ2v) is 6.93. The molecule has 0 bridgehead atoms. The maximum absolute atomic E-state index is 14.1. The minimum absolute atomic E-state index is 0.0987. The number of nitrogens with zero attached hydrogens (tertiary/aromatic N) is 4. The number of pyridine rings is 1. The van der Waals surface area contributed by atoms with E-state index >= 15 is 0 Å². The molecule has 27 heavy (non-hydrogen) atoms. The smallest absolute Gasteiger partial charge is 0.180 e. The van der Waals surface area contributed by atoms with Gasteiger partial charge in [0.25, 0.3) is 0 Å². The summed E-state index contributed by atoms with van der Waals surface area (Å²) in [5, 5.41) is 6.37. The summed E-state index contributed by atoms with van der Waals surface area (Å²) in [6, 6.07) is 5.23. The molecule has 0 aromatic carbocycles. The van der Waals surface area contributed by atoms with E-state index in [4.69, 9.17) is 4.74 Å². The van der Waals surface area contributed by atoms with Crippen LogP contribution in [0.25, 0.3) is 17.2 Å². The van der Waals surface area contributed by atoms with E-state index in [0.29, 0.717) is 31.2 Å². The minimum atomic E-state index is -0.889. The summed E-state index contributed by atoms with van der Waals surface area (Å²) in [4.78, 5) is 13.4. The lowest BCUT2D eigenvalue weighted by molar-refractivity contribution is 0.241. The third kappa shape index (κ3) is 3.85. The second-order valence-electron chi connectivity index (χ2n) is 6.93. The highest BCUT2D eigenvalue weighted by molar-refractivity contribution is 5.59. The van der Waals surface area contributed by atoms with Gasteiger partial charge in [-0.2, -0.15) is 0 Å². The largest absolute Gasteiger partial charge is 0.491 e. The van der Waals surface area contributed by atoms with Crippen LogP contribution in [0.3, 0.4) is 0 Å². The van der Waals surface area contributed by atoms with Gasteiger partial charge in [-0.15, -0.1) is 0 Å². The van der Waals surface area contributed by atoms with E-state index in [-0.39, 0.29) is 12.1 Å². The molecule has 4 rings (SSSR count). The van der Waals surface area contributed by atoms with Crippen molar-refractivity contribution in [2.45, 2.75) is 38.6 Å². The van der Waals surface area contributed by atoms with E-state index in [1.165, 1.54) is 0 Å². The molecule has 0 amide bonds. The summed E-state index contributed by atoms with van der Waals surface area (Å²) in [7, 11) is 0. The van der Waals surface area contributed by atoms with Crippen LogP contribution in [0.2, 0.25) is 0 Å². The zero-order valence-corrected chi connectivity index (χ0v) is 15.4. The molecule has 2 N–H and O–H groups in total. The quantitative estimate of drug-likeness (QED) is 0.719. The predicted molar refractivity (Wildman–Crippen MR) is 102 cm³/mol. The minimum Gasteiger partial charge on any atom is -0.491 e. The highest BCUT2D eigenvalue weighted by Gasteiger charge is 2.24. The topological polar surface area (TPSA) is 76.4 Å². The number of imidazole rings is 1. The molecule has 0 unspecified atom stereocenters. The van der Waals surface area contributed by atoms with E-state index in [1.807, 2.05) is 36.6 Å². The molecule has 142 valence electrons. The SMILES string of the molecule is CC(C)Oc1ccn2c(-c3nccc(N[C@H]4CNCC[C@@H]4F)n3)cnc2c1. The number of hydrogen-bond acceptors (Lipinski definition) is 6. The zero-order chi connectivity index (χ0) is 18.8. The number of aromatic nitrogens is 4. The molecule has 0 aliphatic carbocycles. The normalized spacial score (nSPS) is 20.1. The van der Waals surface area contributed by atoms with Gasteiger partial charge in [-0.05, 0) is 38.9 Å². The molecule has 1 saturated heterocycles. The van der Waals surface area contributed by atoms with E-state index in [0.717, 1.165) is 17.1 Å². The Morgan fingerprint density at radius 2 is 2.22 bits per heavy atom. The Balaban J connectivity index is 1.60. The maximum Gasteiger partial charge on any atom is 0.180 e. The Kier molecular flexibility index (Phi) is 4.89. The van der Waals surface area contributed by atoms with Gasteiger partial charge >= 0.3 is 0 Å². The molecule has 8 heteroatoms. The number of piperidine rings is 1. The number of alkyl halides is 1. The van der Waals surface area contributed by atoms with Gasteiger partial charge in [0.15, 0.2) is 5.82 Å². The van der Waals surface area contributed by atoms with Crippen molar-refractivity contribution < 1.29 is 9.13 Å². The number of halogens is 1. The zero-order valence-electron chi connectivity index (χ0n) is 15.4. The van der Waals surface area contributed by atoms with Crippen molar-refractivity contribution in [3.8, 4) is 17.3 Å². The highest BCUT2D eigenvalue weighted by Crippen LogP contribution is 2.22. The number of anilines is 1. The predicted octanol–water partition coefficient (Wildman–Crippen LogP) is 2.69. The van der Waals surface area contributed by atoms with E-state index in [9.17, 15) is 4.39 Å². The molecular formula is C19H23FN6O. The van der Waals surface area contributed by atoms with Crippen LogP contribution in [0.5, 0.6) is 5.75 Å². The van der Waals surface area contributed by atoms with Gasteiger partial charge in [-0.3, -0.25) is 4.40 Å². The number of rotatable bonds is 5. The first-order valence-electron chi connectivity index (χ1n) is 9.18. The van der Waals surface area contributed by atoms with Gasteiger partial charge in [0.2, 0.25) is 0 Å².